The third kappa shape index (κ3) is 3.30. The number of carbonyl (C=O) groups is 1. The molecule has 17 heavy (non-hydrogen) atoms. The second-order valence-electron chi connectivity index (χ2n) is 4.75. The molecular weight excluding hydrogens is 232 g/mol. The number of hydrogen-bond acceptors (Lipinski definition) is 3. The van der Waals surface area contributed by atoms with E-state index in [1.165, 1.54) is 16.9 Å². The summed E-state index contributed by atoms with van der Waals surface area (Å²) in [6.07, 6.45) is 2.33. The molecule has 0 spiro atoms. The van der Waals surface area contributed by atoms with Gasteiger partial charge in [0.15, 0.2) is 0 Å². The lowest BCUT2D eigenvalue weighted by atomic mass is 10.1. The van der Waals surface area contributed by atoms with Crippen LogP contribution in [-0.4, -0.2) is 25.5 Å². The second kappa shape index (κ2) is 5.65. The summed E-state index contributed by atoms with van der Waals surface area (Å²) in [5.74, 6) is 0.819. The minimum atomic E-state index is 0.0807. The topological polar surface area (TPSA) is 41.1 Å². The van der Waals surface area contributed by atoms with Gasteiger partial charge in [0.25, 0.3) is 5.91 Å². The molecule has 0 saturated carbocycles. The largest absolute Gasteiger partial charge is 0.351 e. The summed E-state index contributed by atoms with van der Waals surface area (Å²) in [6, 6.07) is 1.98. The first-order chi connectivity index (χ1) is 8.16. The molecule has 1 amide bonds. The van der Waals surface area contributed by atoms with E-state index < -0.39 is 0 Å². The third-order valence-corrected chi connectivity index (χ3v) is 4.54. The Morgan fingerprint density at radius 3 is 3.00 bits per heavy atom. The van der Waals surface area contributed by atoms with Crippen LogP contribution in [0.1, 0.15) is 33.0 Å². The number of rotatable bonds is 4. The van der Waals surface area contributed by atoms with Crippen LogP contribution in [0.4, 0.5) is 0 Å². The summed E-state index contributed by atoms with van der Waals surface area (Å²) in [5.41, 5.74) is 1.21. The summed E-state index contributed by atoms with van der Waals surface area (Å²) in [6.45, 7) is 7.13. The minimum absolute atomic E-state index is 0.0807. The molecule has 1 aromatic heterocycles. The molecule has 0 aromatic carbocycles. The van der Waals surface area contributed by atoms with Crippen LogP contribution in [0, 0.1) is 19.8 Å². The lowest BCUT2D eigenvalue weighted by Gasteiger charge is -2.08. The number of nitrogens with one attached hydrogen (secondary N) is 2. The SMILES string of the molecule is Cc1cc(C(=O)NCCC2CCNC2)sc1C. The molecule has 4 heteroatoms. The van der Waals surface area contributed by atoms with Gasteiger partial charge < -0.3 is 10.6 Å². The Morgan fingerprint density at radius 2 is 2.41 bits per heavy atom. The zero-order valence-electron chi connectivity index (χ0n) is 10.5. The fraction of sp³-hybridized carbons (Fsp3) is 0.615. The van der Waals surface area contributed by atoms with Crippen LogP contribution < -0.4 is 10.6 Å². The van der Waals surface area contributed by atoms with E-state index in [2.05, 4.69) is 17.6 Å². The van der Waals surface area contributed by atoms with Gasteiger partial charge in [-0.25, -0.2) is 0 Å². The Labute approximate surface area is 107 Å². The zero-order valence-corrected chi connectivity index (χ0v) is 11.3. The molecule has 1 aromatic rings. The zero-order chi connectivity index (χ0) is 12.3. The van der Waals surface area contributed by atoms with Gasteiger partial charge in [-0.05, 0) is 57.3 Å². The quantitative estimate of drug-likeness (QED) is 0.861. The predicted molar refractivity (Wildman–Crippen MR) is 71.7 cm³/mol. The minimum Gasteiger partial charge on any atom is -0.351 e. The van der Waals surface area contributed by atoms with E-state index >= 15 is 0 Å². The smallest absolute Gasteiger partial charge is 0.261 e. The summed E-state index contributed by atoms with van der Waals surface area (Å²) in [7, 11) is 0. The fourth-order valence-electron chi connectivity index (χ4n) is 2.12. The molecule has 1 saturated heterocycles. The van der Waals surface area contributed by atoms with Crippen LogP contribution >= 0.6 is 11.3 Å². The van der Waals surface area contributed by atoms with E-state index in [0.29, 0.717) is 0 Å². The van der Waals surface area contributed by atoms with E-state index in [9.17, 15) is 4.79 Å². The number of aryl methyl sites for hydroxylation is 2. The highest BCUT2D eigenvalue weighted by atomic mass is 32.1. The number of amides is 1. The molecule has 3 nitrogen and oxygen atoms in total. The van der Waals surface area contributed by atoms with Crippen LogP contribution in [0.3, 0.4) is 0 Å². The van der Waals surface area contributed by atoms with Gasteiger partial charge in [-0.2, -0.15) is 0 Å². The lowest BCUT2D eigenvalue weighted by molar-refractivity contribution is 0.0955. The molecule has 94 valence electrons. The Morgan fingerprint density at radius 1 is 1.59 bits per heavy atom. The summed E-state index contributed by atoms with van der Waals surface area (Å²) < 4.78 is 0. The maximum atomic E-state index is 11.9. The molecule has 2 heterocycles. The molecule has 1 atom stereocenters. The van der Waals surface area contributed by atoms with Crippen molar-refractivity contribution in [2.75, 3.05) is 19.6 Å². The van der Waals surface area contributed by atoms with Crippen molar-refractivity contribution >= 4 is 17.2 Å². The van der Waals surface area contributed by atoms with Crippen molar-refractivity contribution in [3.8, 4) is 0 Å². The molecular formula is C13H20N2OS. The molecule has 2 rings (SSSR count). The van der Waals surface area contributed by atoms with Crippen molar-refractivity contribution in [1.82, 2.24) is 10.6 Å². The number of thiophene rings is 1. The molecule has 1 fully saturated rings. The Bertz CT molecular complexity index is 375. The van der Waals surface area contributed by atoms with Crippen molar-refractivity contribution in [2.45, 2.75) is 26.7 Å². The highest BCUT2D eigenvalue weighted by Gasteiger charge is 2.15. The number of carbonyl (C=O) groups excluding carboxylic acids is 1. The summed E-state index contributed by atoms with van der Waals surface area (Å²) >= 11 is 1.58. The Hall–Kier alpha value is -0.870. The normalized spacial score (nSPS) is 19.5. The molecule has 2 N–H and O–H groups in total. The maximum Gasteiger partial charge on any atom is 0.261 e. The Kier molecular flexibility index (Phi) is 4.18. The molecule has 0 radical (unpaired) electrons. The van der Waals surface area contributed by atoms with Crippen molar-refractivity contribution in [3.63, 3.8) is 0 Å². The van der Waals surface area contributed by atoms with E-state index in [4.69, 9.17) is 0 Å². The van der Waals surface area contributed by atoms with Gasteiger partial charge in [0, 0.05) is 11.4 Å². The highest BCUT2D eigenvalue weighted by Crippen LogP contribution is 2.20. The van der Waals surface area contributed by atoms with Crippen LogP contribution in [0.25, 0.3) is 0 Å². The lowest BCUT2D eigenvalue weighted by Crippen LogP contribution is -2.25. The molecule has 1 aliphatic heterocycles. The monoisotopic (exact) mass is 252 g/mol. The van der Waals surface area contributed by atoms with Gasteiger partial charge in [0.05, 0.1) is 4.88 Å². The highest BCUT2D eigenvalue weighted by molar-refractivity contribution is 7.14. The first-order valence-corrected chi connectivity index (χ1v) is 7.04. The molecule has 0 aliphatic carbocycles. The van der Waals surface area contributed by atoms with Gasteiger partial charge >= 0.3 is 0 Å². The van der Waals surface area contributed by atoms with Crippen LogP contribution in [0.15, 0.2) is 6.07 Å². The summed E-state index contributed by atoms with van der Waals surface area (Å²) in [4.78, 5) is 13.9. The van der Waals surface area contributed by atoms with E-state index in [-0.39, 0.29) is 5.91 Å². The fourth-order valence-corrected chi connectivity index (χ4v) is 3.07. The van der Waals surface area contributed by atoms with Gasteiger partial charge in [0.2, 0.25) is 0 Å². The standard InChI is InChI=1S/C13H20N2OS/c1-9-7-12(17-10(9)2)13(16)15-6-4-11-3-5-14-8-11/h7,11,14H,3-6,8H2,1-2H3,(H,15,16). The van der Waals surface area contributed by atoms with E-state index in [0.717, 1.165) is 36.9 Å². The number of hydrogen-bond donors (Lipinski definition) is 2. The van der Waals surface area contributed by atoms with Gasteiger partial charge in [-0.3, -0.25) is 4.79 Å². The van der Waals surface area contributed by atoms with Crippen molar-refractivity contribution < 1.29 is 4.79 Å². The van der Waals surface area contributed by atoms with Crippen molar-refractivity contribution in [1.29, 1.82) is 0 Å². The van der Waals surface area contributed by atoms with Crippen molar-refractivity contribution in [2.24, 2.45) is 5.92 Å². The Balaban J connectivity index is 1.76. The first kappa shape index (κ1) is 12.6. The van der Waals surface area contributed by atoms with Gasteiger partial charge in [-0.15, -0.1) is 11.3 Å². The van der Waals surface area contributed by atoms with Gasteiger partial charge in [-0.1, -0.05) is 0 Å². The molecule has 1 aliphatic rings. The molecule has 0 bridgehead atoms. The van der Waals surface area contributed by atoms with Gasteiger partial charge in [0.1, 0.15) is 0 Å². The van der Waals surface area contributed by atoms with Crippen LogP contribution in [0.5, 0.6) is 0 Å². The first-order valence-electron chi connectivity index (χ1n) is 6.23. The predicted octanol–water partition coefficient (Wildman–Crippen LogP) is 2.09. The van der Waals surface area contributed by atoms with E-state index in [1.807, 2.05) is 13.0 Å². The third-order valence-electron chi connectivity index (χ3n) is 3.39. The molecule has 1 unspecified atom stereocenters. The van der Waals surface area contributed by atoms with Crippen LogP contribution in [-0.2, 0) is 0 Å². The van der Waals surface area contributed by atoms with E-state index in [1.54, 1.807) is 11.3 Å². The van der Waals surface area contributed by atoms with Crippen molar-refractivity contribution in [3.05, 3.63) is 21.4 Å². The van der Waals surface area contributed by atoms with Crippen LogP contribution in [0.2, 0.25) is 0 Å². The second-order valence-corrected chi connectivity index (χ2v) is 6.01. The summed E-state index contributed by atoms with van der Waals surface area (Å²) in [5, 5.41) is 6.35. The average Bonchev–Trinajstić information content (AvgIpc) is 2.90. The average molecular weight is 252 g/mol. The maximum absolute atomic E-state index is 11.9.